The number of carboxylic acid groups (broad SMARTS) is 1. The number of nitrogens with one attached hydrogen (secondary N) is 2. The predicted molar refractivity (Wildman–Crippen MR) is 109 cm³/mol. The monoisotopic (exact) mass is 484 g/mol. The minimum absolute atomic E-state index is 0.0824. The summed E-state index contributed by atoms with van der Waals surface area (Å²) in [7, 11) is 0. The molecule has 3 rings (SSSR count). The lowest BCUT2D eigenvalue weighted by Gasteiger charge is -2.49. The molecule has 2 aliphatic rings. The van der Waals surface area contributed by atoms with Crippen molar-refractivity contribution < 1.29 is 47.3 Å². The minimum Gasteiger partial charge on any atom is -0.772 e. The SMILES string of the molecule is C[C@@H]1CC(=O)N1[C@@H](C(=O)O)[C@](C)(COC(=O)NNC(=O)Cc1ccc2c(c1)OCO2)S(=O)[O-]. The number of carboxylic acids is 1. The number of β-lactam (4-membered cyclic amide) rings is 1. The molecule has 2 aliphatic heterocycles. The molecule has 1 fully saturated rings. The van der Waals surface area contributed by atoms with Crippen LogP contribution in [0.2, 0.25) is 0 Å². The Morgan fingerprint density at radius 2 is 2.03 bits per heavy atom. The maximum Gasteiger partial charge on any atom is 0.426 e. The van der Waals surface area contributed by atoms with E-state index in [4.69, 9.17) is 14.2 Å². The van der Waals surface area contributed by atoms with E-state index in [1.165, 1.54) is 0 Å². The second-order valence-corrected chi connectivity index (χ2v) is 9.16. The highest BCUT2D eigenvalue weighted by molar-refractivity contribution is 7.80. The third kappa shape index (κ3) is 5.17. The first-order valence-corrected chi connectivity index (χ1v) is 10.8. The molecule has 2 heterocycles. The largest absolute Gasteiger partial charge is 0.772 e. The maximum absolute atomic E-state index is 12.1. The van der Waals surface area contributed by atoms with Gasteiger partial charge in [0.05, 0.1) is 11.2 Å². The van der Waals surface area contributed by atoms with Gasteiger partial charge >= 0.3 is 12.1 Å². The number of nitrogens with zero attached hydrogens (tertiary/aromatic N) is 1. The molecule has 33 heavy (non-hydrogen) atoms. The Labute approximate surface area is 190 Å². The van der Waals surface area contributed by atoms with E-state index in [1.54, 1.807) is 25.1 Å². The molecule has 1 aromatic rings. The number of hydrogen-bond donors (Lipinski definition) is 3. The van der Waals surface area contributed by atoms with Gasteiger partial charge in [0.15, 0.2) is 11.5 Å². The molecule has 4 atom stereocenters. The fraction of sp³-hybridized carbons (Fsp3) is 0.474. The normalized spacial score (nSPS) is 20.2. The van der Waals surface area contributed by atoms with Crippen molar-refractivity contribution in [3.8, 4) is 11.5 Å². The molecule has 1 unspecified atom stereocenters. The van der Waals surface area contributed by atoms with Crippen molar-refractivity contribution in [3.63, 3.8) is 0 Å². The fourth-order valence-electron chi connectivity index (χ4n) is 3.53. The van der Waals surface area contributed by atoms with Gasteiger partial charge in [0.1, 0.15) is 12.6 Å². The van der Waals surface area contributed by atoms with E-state index in [9.17, 15) is 33.0 Å². The van der Waals surface area contributed by atoms with Gasteiger partial charge in [-0.05, 0) is 42.6 Å². The van der Waals surface area contributed by atoms with E-state index < -0.39 is 58.4 Å². The number of likely N-dealkylation sites (tertiary alicyclic amines) is 1. The van der Waals surface area contributed by atoms with Crippen LogP contribution in [0.1, 0.15) is 25.8 Å². The van der Waals surface area contributed by atoms with Crippen LogP contribution >= 0.6 is 0 Å². The highest BCUT2D eigenvalue weighted by atomic mass is 32.2. The van der Waals surface area contributed by atoms with Crippen LogP contribution in [0.25, 0.3) is 0 Å². The van der Waals surface area contributed by atoms with Crippen LogP contribution in [-0.2, 0) is 36.6 Å². The van der Waals surface area contributed by atoms with Crippen molar-refractivity contribution in [2.75, 3.05) is 13.4 Å². The van der Waals surface area contributed by atoms with Crippen LogP contribution in [-0.4, -0.2) is 72.9 Å². The van der Waals surface area contributed by atoms with Gasteiger partial charge in [-0.25, -0.2) is 15.0 Å². The standard InChI is InChI=1S/C19H23N3O10S/c1-10-5-15(24)22(10)16(17(25)26)19(2,33(28)29)8-30-18(27)21-20-14(23)7-11-3-4-12-13(6-11)32-9-31-12/h3-4,6,10,16H,5,7-9H2,1-2H3,(H,20,23)(H,21,27)(H,25,26)(H,28,29)/p-1/t10-,16+,19+/m1/s1. The van der Waals surface area contributed by atoms with Crippen molar-refractivity contribution >= 4 is 35.0 Å². The van der Waals surface area contributed by atoms with Crippen molar-refractivity contribution in [2.24, 2.45) is 0 Å². The number of amides is 3. The quantitative estimate of drug-likeness (QED) is 0.245. The van der Waals surface area contributed by atoms with Crippen molar-refractivity contribution in [2.45, 2.75) is 43.5 Å². The molecule has 13 nitrogen and oxygen atoms in total. The third-order valence-corrected chi connectivity index (χ3v) is 6.40. The molecule has 0 aliphatic carbocycles. The van der Waals surface area contributed by atoms with E-state index in [0.717, 1.165) is 11.8 Å². The van der Waals surface area contributed by atoms with Crippen LogP contribution in [0.4, 0.5) is 4.79 Å². The number of hydrogen-bond acceptors (Lipinski definition) is 9. The lowest BCUT2D eigenvalue weighted by Crippen LogP contribution is -2.68. The summed E-state index contributed by atoms with van der Waals surface area (Å²) >= 11 is -3.03. The molecule has 0 radical (unpaired) electrons. The number of hydrazine groups is 1. The molecule has 3 N–H and O–H groups in total. The first-order valence-electron chi connectivity index (χ1n) is 9.76. The van der Waals surface area contributed by atoms with E-state index >= 15 is 0 Å². The van der Waals surface area contributed by atoms with E-state index in [1.807, 2.05) is 5.43 Å². The van der Waals surface area contributed by atoms with Gasteiger partial charge in [-0.15, -0.1) is 0 Å². The predicted octanol–water partition coefficient (Wildman–Crippen LogP) is -0.573. The number of ether oxygens (including phenoxy) is 3. The summed E-state index contributed by atoms with van der Waals surface area (Å²) in [5.41, 5.74) is 4.65. The smallest absolute Gasteiger partial charge is 0.426 e. The Balaban J connectivity index is 1.55. The molecule has 0 saturated carbocycles. The molecule has 0 spiro atoms. The summed E-state index contributed by atoms with van der Waals surface area (Å²) in [5.74, 6) is -1.65. The first kappa shape index (κ1) is 24.3. The van der Waals surface area contributed by atoms with Gasteiger partial charge < -0.3 is 28.8 Å². The second kappa shape index (κ2) is 9.62. The zero-order valence-corrected chi connectivity index (χ0v) is 18.5. The zero-order valence-electron chi connectivity index (χ0n) is 17.7. The third-order valence-electron chi connectivity index (χ3n) is 5.30. The van der Waals surface area contributed by atoms with Crippen LogP contribution in [0.3, 0.4) is 0 Å². The number of benzene rings is 1. The Hall–Kier alpha value is -3.39. The average Bonchev–Trinajstić information content (AvgIpc) is 3.21. The number of carbonyl (C=O) groups excluding carboxylic acids is 3. The van der Waals surface area contributed by atoms with E-state index in [2.05, 4.69) is 5.43 Å². The molecular formula is C19H22N3O10S-. The highest BCUT2D eigenvalue weighted by Gasteiger charge is 2.52. The highest BCUT2D eigenvalue weighted by Crippen LogP contribution is 2.33. The Bertz CT molecular complexity index is 1000. The number of fused-ring (bicyclic) bond motifs is 1. The molecular weight excluding hydrogens is 462 g/mol. The number of carbonyl (C=O) groups is 4. The molecule has 3 amide bonds. The van der Waals surface area contributed by atoms with Crippen molar-refractivity contribution in [1.82, 2.24) is 15.8 Å². The van der Waals surface area contributed by atoms with Gasteiger partial charge in [-0.3, -0.25) is 19.2 Å². The maximum atomic E-state index is 12.1. The topological polar surface area (TPSA) is 184 Å². The first-order chi connectivity index (χ1) is 15.5. The van der Waals surface area contributed by atoms with Gasteiger partial charge in [0.2, 0.25) is 18.6 Å². The molecule has 1 aromatic carbocycles. The summed E-state index contributed by atoms with van der Waals surface area (Å²) in [5, 5.41) is 9.57. The average molecular weight is 484 g/mol. The summed E-state index contributed by atoms with van der Waals surface area (Å²) in [6, 6.07) is 2.65. The fourth-order valence-corrected chi connectivity index (χ4v) is 4.08. The molecule has 1 saturated heterocycles. The minimum atomic E-state index is -3.03. The molecule has 0 bridgehead atoms. The lowest BCUT2D eigenvalue weighted by molar-refractivity contribution is -0.163. The summed E-state index contributed by atoms with van der Waals surface area (Å²) < 4.78 is 36.9. The molecule has 14 heteroatoms. The van der Waals surface area contributed by atoms with Crippen LogP contribution in [0.15, 0.2) is 18.2 Å². The van der Waals surface area contributed by atoms with Crippen molar-refractivity contribution in [3.05, 3.63) is 23.8 Å². The van der Waals surface area contributed by atoms with Crippen LogP contribution < -0.4 is 20.3 Å². The van der Waals surface area contributed by atoms with Gasteiger partial charge in [-0.1, -0.05) is 6.07 Å². The second-order valence-electron chi connectivity index (χ2n) is 7.76. The number of rotatable bonds is 8. The number of aliphatic carboxylic acids is 1. The molecule has 0 aromatic heterocycles. The van der Waals surface area contributed by atoms with Gasteiger partial charge in [0, 0.05) is 12.5 Å². The summed E-state index contributed by atoms with van der Waals surface area (Å²) in [4.78, 5) is 48.6. The van der Waals surface area contributed by atoms with Crippen LogP contribution in [0.5, 0.6) is 11.5 Å². The van der Waals surface area contributed by atoms with Gasteiger partial charge in [-0.2, -0.15) is 0 Å². The van der Waals surface area contributed by atoms with E-state index in [0.29, 0.717) is 17.1 Å². The lowest BCUT2D eigenvalue weighted by atomic mass is 9.92. The molecule has 180 valence electrons. The zero-order chi connectivity index (χ0) is 24.3. The van der Waals surface area contributed by atoms with Crippen LogP contribution in [0, 0.1) is 0 Å². The Morgan fingerprint density at radius 1 is 1.33 bits per heavy atom. The summed E-state index contributed by atoms with van der Waals surface area (Å²) in [6.45, 7) is 1.84. The van der Waals surface area contributed by atoms with Crippen molar-refractivity contribution in [1.29, 1.82) is 0 Å². The van der Waals surface area contributed by atoms with Gasteiger partial charge in [0.25, 0.3) is 0 Å². The summed E-state index contributed by atoms with van der Waals surface area (Å²) in [6.07, 6.45) is -1.24. The van der Waals surface area contributed by atoms with E-state index in [-0.39, 0.29) is 19.6 Å². The Morgan fingerprint density at radius 3 is 2.64 bits per heavy atom. The Kier molecular flexibility index (Phi) is 7.07.